The van der Waals surface area contributed by atoms with Gasteiger partial charge in [0.05, 0.1) is 18.8 Å². The molecule has 6 aliphatic rings. The second-order valence-electron chi connectivity index (χ2n) is 12.7. The van der Waals surface area contributed by atoms with E-state index in [-0.39, 0.29) is 11.9 Å². The van der Waals surface area contributed by atoms with Crippen LogP contribution in [0.25, 0.3) is 0 Å². The monoisotopic (exact) mass is 414 g/mol. The van der Waals surface area contributed by atoms with Crippen molar-refractivity contribution in [2.45, 2.75) is 103 Å². The van der Waals surface area contributed by atoms with Gasteiger partial charge in [-0.15, -0.1) is 0 Å². The zero-order chi connectivity index (χ0) is 20.9. The van der Waals surface area contributed by atoms with Gasteiger partial charge >= 0.3 is 0 Å². The lowest BCUT2D eigenvalue weighted by molar-refractivity contribution is -0.272. The van der Waals surface area contributed by atoms with Crippen LogP contribution in [0.3, 0.4) is 0 Å². The molecule has 11 atom stereocenters. The van der Waals surface area contributed by atoms with Crippen molar-refractivity contribution >= 4 is 0 Å². The predicted octanol–water partition coefficient (Wildman–Crippen LogP) is 5.71. The number of hydrogen-bond acceptors (Lipinski definition) is 3. The number of aliphatic hydroxyl groups is 1. The molecule has 2 saturated heterocycles. The van der Waals surface area contributed by atoms with Gasteiger partial charge in [0.15, 0.2) is 5.79 Å². The molecule has 0 aromatic carbocycles. The van der Waals surface area contributed by atoms with Gasteiger partial charge in [0, 0.05) is 12.3 Å². The molecule has 3 heteroatoms. The largest absolute Gasteiger partial charge is 0.393 e. The van der Waals surface area contributed by atoms with Gasteiger partial charge in [0.1, 0.15) is 0 Å². The minimum atomic E-state index is -0.294. The molecule has 2 heterocycles. The van der Waals surface area contributed by atoms with E-state index in [1.807, 2.05) is 0 Å². The molecule has 0 radical (unpaired) electrons. The fourth-order valence-corrected chi connectivity index (χ4v) is 9.66. The van der Waals surface area contributed by atoms with E-state index in [9.17, 15) is 5.11 Å². The molecule has 3 saturated carbocycles. The molecule has 3 nitrogen and oxygen atoms in total. The molecule has 5 fully saturated rings. The normalized spacial score (nSPS) is 59.8. The van der Waals surface area contributed by atoms with E-state index in [0.717, 1.165) is 43.6 Å². The van der Waals surface area contributed by atoms with E-state index < -0.39 is 0 Å². The zero-order valence-electron chi connectivity index (χ0n) is 19.5. The highest BCUT2D eigenvalue weighted by Gasteiger charge is 2.68. The van der Waals surface area contributed by atoms with Crippen LogP contribution in [0.5, 0.6) is 0 Å². The van der Waals surface area contributed by atoms with Crippen molar-refractivity contribution in [3.05, 3.63) is 11.6 Å². The number of ether oxygens (including phenoxy) is 2. The Labute approximate surface area is 183 Å². The van der Waals surface area contributed by atoms with Crippen molar-refractivity contribution in [1.82, 2.24) is 0 Å². The van der Waals surface area contributed by atoms with Crippen LogP contribution in [0.15, 0.2) is 11.6 Å². The maximum absolute atomic E-state index is 10.3. The summed E-state index contributed by atoms with van der Waals surface area (Å²) in [4.78, 5) is 0. The Kier molecular flexibility index (Phi) is 4.44. The summed E-state index contributed by atoms with van der Waals surface area (Å²) in [6.07, 6.45) is 13.5. The van der Waals surface area contributed by atoms with Crippen LogP contribution in [0.4, 0.5) is 0 Å². The number of fused-ring (bicyclic) bond motifs is 7. The number of allylic oxidation sites excluding steroid dienone is 1. The molecule has 30 heavy (non-hydrogen) atoms. The highest BCUT2D eigenvalue weighted by atomic mass is 16.7. The van der Waals surface area contributed by atoms with Crippen molar-refractivity contribution in [1.29, 1.82) is 0 Å². The quantitative estimate of drug-likeness (QED) is 0.516. The lowest BCUT2D eigenvalue weighted by Gasteiger charge is -2.58. The summed E-state index contributed by atoms with van der Waals surface area (Å²) in [5.74, 6) is 3.94. The van der Waals surface area contributed by atoms with Crippen molar-refractivity contribution in [2.24, 2.45) is 46.3 Å². The minimum absolute atomic E-state index is 0.107. The fourth-order valence-electron chi connectivity index (χ4n) is 9.66. The topological polar surface area (TPSA) is 38.7 Å². The summed E-state index contributed by atoms with van der Waals surface area (Å²) in [6, 6.07) is 0. The first-order chi connectivity index (χ1) is 14.3. The first kappa shape index (κ1) is 20.2. The second-order valence-corrected chi connectivity index (χ2v) is 12.7. The maximum atomic E-state index is 10.3. The molecule has 2 aliphatic heterocycles. The van der Waals surface area contributed by atoms with E-state index in [4.69, 9.17) is 9.47 Å². The molecule has 1 N–H and O–H groups in total. The van der Waals surface area contributed by atoms with Gasteiger partial charge in [-0.05, 0) is 91.8 Å². The SMILES string of the molecule is CC1C2C(CC3C4CC=C5C[C@@H](O)CC[C@]5(C)C4CC[C@@]32C)OC12CC[C@@H](C)CO2. The minimum Gasteiger partial charge on any atom is -0.393 e. The van der Waals surface area contributed by atoms with Gasteiger partial charge < -0.3 is 14.6 Å². The van der Waals surface area contributed by atoms with E-state index >= 15 is 0 Å². The molecule has 168 valence electrons. The van der Waals surface area contributed by atoms with Gasteiger partial charge in [-0.25, -0.2) is 0 Å². The lowest BCUT2D eigenvalue weighted by Crippen LogP contribution is -2.52. The number of hydrogen-bond donors (Lipinski definition) is 1. The molecule has 4 aliphatic carbocycles. The van der Waals surface area contributed by atoms with Crippen molar-refractivity contribution in [3.63, 3.8) is 0 Å². The average Bonchev–Trinajstić information content (AvgIpc) is 3.16. The van der Waals surface area contributed by atoms with E-state index in [1.54, 1.807) is 5.57 Å². The first-order valence-electron chi connectivity index (χ1n) is 13.0. The van der Waals surface area contributed by atoms with Crippen LogP contribution in [0.2, 0.25) is 0 Å². The molecule has 0 aromatic rings. The van der Waals surface area contributed by atoms with Crippen LogP contribution < -0.4 is 0 Å². The zero-order valence-corrected chi connectivity index (χ0v) is 19.5. The summed E-state index contributed by atoms with van der Waals surface area (Å²) < 4.78 is 13.3. The summed E-state index contributed by atoms with van der Waals surface area (Å²) in [5, 5.41) is 10.3. The molecule has 6 rings (SSSR count). The average molecular weight is 415 g/mol. The van der Waals surface area contributed by atoms with Crippen molar-refractivity contribution < 1.29 is 14.6 Å². The highest BCUT2D eigenvalue weighted by Crippen LogP contribution is 2.70. The fraction of sp³-hybridized carbons (Fsp3) is 0.926. The standard InChI is InChI=1S/C27H42O3/c1-16-7-12-27(29-15-16)17(2)24-23(30-27)14-22-20-6-5-18-13-19(28)8-10-25(18,3)21(20)9-11-26(22,24)4/h5,16-17,19-24,28H,6-15H2,1-4H3/t16-,17?,19+,20?,21?,22?,23?,24?,25+,26+,27?/m1/s1. The van der Waals surface area contributed by atoms with Gasteiger partial charge in [-0.1, -0.05) is 39.3 Å². The molecule has 0 bridgehead atoms. The maximum Gasteiger partial charge on any atom is 0.171 e. The first-order valence-corrected chi connectivity index (χ1v) is 13.0. The number of rotatable bonds is 0. The molecule has 7 unspecified atom stereocenters. The summed E-state index contributed by atoms with van der Waals surface area (Å²) in [5.41, 5.74) is 2.31. The molecule has 0 amide bonds. The lowest BCUT2D eigenvalue weighted by atomic mass is 9.47. The van der Waals surface area contributed by atoms with Gasteiger partial charge in [0.2, 0.25) is 0 Å². The van der Waals surface area contributed by atoms with Crippen molar-refractivity contribution in [2.75, 3.05) is 6.61 Å². The third-order valence-electron chi connectivity index (χ3n) is 11.3. The van der Waals surface area contributed by atoms with E-state index in [1.165, 1.54) is 38.5 Å². The summed E-state index contributed by atoms with van der Waals surface area (Å²) in [6.45, 7) is 10.8. The smallest absolute Gasteiger partial charge is 0.171 e. The van der Waals surface area contributed by atoms with Crippen LogP contribution in [0, 0.1) is 46.3 Å². The highest BCUT2D eigenvalue weighted by molar-refractivity contribution is 5.26. The van der Waals surface area contributed by atoms with Crippen LogP contribution >= 0.6 is 0 Å². The molecule has 1 spiro atoms. The molecule has 0 aromatic heterocycles. The number of aliphatic hydroxyl groups excluding tert-OH is 1. The van der Waals surface area contributed by atoms with Gasteiger partial charge in [-0.3, -0.25) is 0 Å². The van der Waals surface area contributed by atoms with E-state index in [2.05, 4.69) is 33.8 Å². The Morgan fingerprint density at radius 3 is 2.63 bits per heavy atom. The Morgan fingerprint density at radius 2 is 1.87 bits per heavy atom. The Balaban J connectivity index is 1.28. The van der Waals surface area contributed by atoms with Crippen LogP contribution in [-0.4, -0.2) is 29.7 Å². The Bertz CT molecular complexity index is 736. The van der Waals surface area contributed by atoms with Crippen molar-refractivity contribution in [3.8, 4) is 0 Å². The van der Waals surface area contributed by atoms with Crippen LogP contribution in [0.1, 0.15) is 85.5 Å². The van der Waals surface area contributed by atoms with Crippen LogP contribution in [-0.2, 0) is 9.47 Å². The Hall–Kier alpha value is -0.380. The predicted molar refractivity (Wildman–Crippen MR) is 118 cm³/mol. The molecular weight excluding hydrogens is 372 g/mol. The second kappa shape index (κ2) is 6.58. The third-order valence-corrected chi connectivity index (χ3v) is 11.3. The summed E-state index contributed by atoms with van der Waals surface area (Å²) >= 11 is 0. The van der Waals surface area contributed by atoms with E-state index in [0.29, 0.717) is 34.7 Å². The van der Waals surface area contributed by atoms with Gasteiger partial charge in [0.25, 0.3) is 0 Å². The third kappa shape index (κ3) is 2.55. The Morgan fingerprint density at radius 1 is 1.03 bits per heavy atom. The van der Waals surface area contributed by atoms with Gasteiger partial charge in [-0.2, -0.15) is 0 Å². The molecular formula is C27H42O3. The summed E-state index contributed by atoms with van der Waals surface area (Å²) in [7, 11) is 0.